The van der Waals surface area contributed by atoms with Gasteiger partial charge in [-0.25, -0.2) is 3.75 Å². The van der Waals surface area contributed by atoms with Gasteiger partial charge < -0.3 is 9.30 Å². The molecule has 0 aromatic heterocycles. The molecule has 0 saturated carbocycles. The van der Waals surface area contributed by atoms with Crippen LogP contribution in [0.15, 0.2) is 0 Å². The van der Waals surface area contributed by atoms with E-state index in [0.717, 1.165) is 0 Å². The molecule has 13 heavy (non-hydrogen) atoms. The molecule has 78 valence electrons. The Morgan fingerprint density at radius 2 is 1.46 bits per heavy atom. The van der Waals surface area contributed by atoms with Crippen LogP contribution >= 0.6 is 11.8 Å². The Bertz CT molecular complexity index is 148. The predicted molar refractivity (Wildman–Crippen MR) is 66.9 cm³/mol. The van der Waals surface area contributed by atoms with E-state index in [1.807, 2.05) is 0 Å². The van der Waals surface area contributed by atoms with Gasteiger partial charge in [-0.3, -0.25) is 0 Å². The minimum absolute atomic E-state index is 0.797. The highest BCUT2D eigenvalue weighted by Crippen LogP contribution is 2.11. The van der Waals surface area contributed by atoms with Gasteiger partial charge in [-0.15, -0.1) is 0 Å². The maximum atomic E-state index is 6.33. The summed E-state index contributed by atoms with van der Waals surface area (Å²) in [6.45, 7) is 6.79. The minimum atomic E-state index is -0.941. The van der Waals surface area contributed by atoms with E-state index < -0.39 is 27.4 Å². The molecule has 1 heterocycles. The number of halogens is 1. The van der Waals surface area contributed by atoms with Crippen molar-refractivity contribution < 1.29 is 0 Å². The van der Waals surface area contributed by atoms with E-state index in [9.17, 15) is 0 Å². The zero-order valence-electron chi connectivity index (χ0n) is 8.68. The topological polar surface area (TPSA) is 27.3 Å². The molecule has 1 aliphatic heterocycles. The van der Waals surface area contributed by atoms with E-state index in [4.69, 9.17) is 11.8 Å². The first-order valence-electron chi connectivity index (χ1n) is 5.19. The molecule has 3 nitrogen and oxygen atoms in total. The molecular formula is C6H20ClN3Si3. The average molecular weight is 254 g/mol. The standard InChI is InChI=1S/C6H20ClN3Si3/c1-4-11-8-12(5-2)10(7)13(6-3)9-11/h8-9,11-13H,4-6H2,1-3H3. The fourth-order valence-electron chi connectivity index (χ4n) is 1.69. The zero-order chi connectivity index (χ0) is 9.84. The van der Waals surface area contributed by atoms with E-state index >= 15 is 0 Å². The summed E-state index contributed by atoms with van der Waals surface area (Å²) in [6.07, 6.45) is 0. The largest absolute Gasteiger partial charge is 0.340 e. The first-order valence-corrected chi connectivity index (χ1v) is 11.3. The lowest BCUT2D eigenvalue weighted by molar-refractivity contribution is 0.900. The molecule has 0 aromatic rings. The average Bonchev–Trinajstić information content (AvgIpc) is 2.18. The number of hydrogen-bond acceptors (Lipinski definition) is 3. The van der Waals surface area contributed by atoms with Crippen LogP contribution in [0.1, 0.15) is 20.8 Å². The van der Waals surface area contributed by atoms with Crippen molar-refractivity contribution in [2.45, 2.75) is 38.9 Å². The molecule has 0 spiro atoms. The Labute approximate surface area is 91.2 Å². The van der Waals surface area contributed by atoms with Crippen molar-refractivity contribution in [1.82, 2.24) is 13.0 Å². The fraction of sp³-hybridized carbons (Fsp3) is 1.00. The Morgan fingerprint density at radius 1 is 1.00 bits per heavy atom. The smallest absolute Gasteiger partial charge is 0.190 e. The molecule has 0 aromatic carbocycles. The molecule has 0 amide bonds. The minimum Gasteiger partial charge on any atom is -0.340 e. The van der Waals surface area contributed by atoms with Crippen molar-refractivity contribution in [1.29, 1.82) is 0 Å². The predicted octanol–water partition coefficient (Wildman–Crippen LogP) is 0.356. The summed E-state index contributed by atoms with van der Waals surface area (Å²) < 4.78 is 9.70. The summed E-state index contributed by atoms with van der Waals surface area (Å²) in [4.78, 5) is 0. The number of rotatable bonds is 3. The quantitative estimate of drug-likeness (QED) is 0.562. The van der Waals surface area contributed by atoms with Gasteiger partial charge in [0.15, 0.2) is 27.4 Å². The maximum Gasteiger partial charge on any atom is 0.190 e. The van der Waals surface area contributed by atoms with Gasteiger partial charge in [-0.2, -0.15) is 0 Å². The summed E-state index contributed by atoms with van der Waals surface area (Å²) in [6, 6.07) is 3.80. The van der Waals surface area contributed by atoms with Crippen LogP contribution in [0.4, 0.5) is 0 Å². The van der Waals surface area contributed by atoms with Gasteiger partial charge in [0.1, 0.15) is 0 Å². The van der Waals surface area contributed by atoms with Gasteiger partial charge in [-0.1, -0.05) is 20.8 Å². The van der Waals surface area contributed by atoms with Crippen molar-refractivity contribution in [3.8, 4) is 0 Å². The van der Waals surface area contributed by atoms with Crippen LogP contribution in [0, 0.1) is 0 Å². The molecule has 0 radical (unpaired) electrons. The molecule has 7 heteroatoms. The highest BCUT2D eigenvalue weighted by molar-refractivity contribution is 6.90. The van der Waals surface area contributed by atoms with Crippen molar-refractivity contribution in [3.05, 3.63) is 0 Å². The lowest BCUT2D eigenvalue weighted by Crippen LogP contribution is -2.72. The van der Waals surface area contributed by atoms with Crippen LogP contribution in [0.5, 0.6) is 0 Å². The summed E-state index contributed by atoms with van der Waals surface area (Å²) in [5.41, 5.74) is 0. The van der Waals surface area contributed by atoms with Crippen LogP contribution in [0.25, 0.3) is 0 Å². The van der Waals surface area contributed by atoms with Crippen LogP contribution in [-0.4, -0.2) is 31.1 Å². The molecule has 0 aliphatic carbocycles. The summed E-state index contributed by atoms with van der Waals surface area (Å²) in [7, 11) is -2.68. The molecule has 2 N–H and O–H groups in total. The van der Waals surface area contributed by atoms with Crippen LogP contribution in [-0.2, 0) is 0 Å². The number of nitrogens with one attached hydrogen (secondary N) is 2. The summed E-state index contributed by atoms with van der Waals surface area (Å²) in [5.74, 6) is 0. The fourth-order valence-corrected chi connectivity index (χ4v) is 18.7. The highest BCUT2D eigenvalue weighted by Gasteiger charge is 2.33. The number of hydrogen-bond donors (Lipinski definition) is 2. The SMILES string of the molecule is CC[SiH]1N[SiH](CC)N(Cl)[SiH](CC)N1. The molecule has 2 atom stereocenters. The summed E-state index contributed by atoms with van der Waals surface area (Å²) in [5, 5.41) is 0. The Hall–Kier alpha value is 0.821. The third kappa shape index (κ3) is 2.88. The molecule has 1 aliphatic rings. The van der Waals surface area contributed by atoms with Gasteiger partial charge in [0.25, 0.3) is 0 Å². The first kappa shape index (κ1) is 11.9. The van der Waals surface area contributed by atoms with Crippen molar-refractivity contribution in [2.75, 3.05) is 0 Å². The van der Waals surface area contributed by atoms with Gasteiger partial charge >= 0.3 is 0 Å². The molecule has 1 saturated heterocycles. The Balaban J connectivity index is 2.56. The summed E-state index contributed by atoms with van der Waals surface area (Å²) >= 11 is 6.33. The zero-order valence-corrected chi connectivity index (χ0v) is 12.9. The van der Waals surface area contributed by atoms with Crippen molar-refractivity contribution in [3.63, 3.8) is 0 Å². The first-order chi connectivity index (χ1) is 6.22. The van der Waals surface area contributed by atoms with Gasteiger partial charge in [-0.05, 0) is 29.9 Å². The molecule has 0 bridgehead atoms. The van der Waals surface area contributed by atoms with E-state index in [1.165, 1.54) is 18.1 Å². The lowest BCUT2D eigenvalue weighted by Gasteiger charge is -2.40. The normalized spacial score (nSPS) is 36.5. The Kier molecular flexibility index (Phi) is 5.16. The second-order valence-electron chi connectivity index (χ2n) is 3.49. The van der Waals surface area contributed by atoms with E-state index in [1.54, 1.807) is 0 Å². The van der Waals surface area contributed by atoms with Crippen LogP contribution in [0.3, 0.4) is 0 Å². The second-order valence-corrected chi connectivity index (χ2v) is 14.5. The van der Waals surface area contributed by atoms with Crippen LogP contribution in [0.2, 0.25) is 18.1 Å². The molecular weight excluding hydrogens is 234 g/mol. The van der Waals surface area contributed by atoms with E-state index in [2.05, 4.69) is 33.8 Å². The van der Waals surface area contributed by atoms with Gasteiger partial charge in [0.05, 0.1) is 0 Å². The molecule has 2 unspecified atom stereocenters. The Morgan fingerprint density at radius 3 is 1.77 bits per heavy atom. The lowest BCUT2D eigenvalue weighted by atomic mass is 11.0. The third-order valence-corrected chi connectivity index (χ3v) is 16.0. The van der Waals surface area contributed by atoms with E-state index in [0.29, 0.717) is 0 Å². The number of nitrogens with zero attached hydrogens (tertiary/aromatic N) is 1. The van der Waals surface area contributed by atoms with Crippen molar-refractivity contribution >= 4 is 39.1 Å². The third-order valence-electron chi connectivity index (χ3n) is 2.56. The maximum absolute atomic E-state index is 6.33. The molecule has 1 rings (SSSR count). The van der Waals surface area contributed by atoms with Crippen molar-refractivity contribution in [2.24, 2.45) is 0 Å². The van der Waals surface area contributed by atoms with Crippen LogP contribution < -0.4 is 9.30 Å². The highest BCUT2D eigenvalue weighted by atomic mass is 35.5. The van der Waals surface area contributed by atoms with Gasteiger partial charge in [0.2, 0.25) is 0 Å². The monoisotopic (exact) mass is 253 g/mol. The molecule has 1 fully saturated rings. The second kappa shape index (κ2) is 5.64. The van der Waals surface area contributed by atoms with Gasteiger partial charge in [0, 0.05) is 0 Å². The van der Waals surface area contributed by atoms with E-state index in [-0.39, 0.29) is 0 Å².